The number of hydrogen-bond donors (Lipinski definition) is 1. The van der Waals surface area contributed by atoms with Crippen LogP contribution in [0.1, 0.15) is 40.3 Å². The third-order valence-electron chi connectivity index (χ3n) is 4.41. The standard InChI is InChI=1S/C18H22N2O3/c1-12-5-7-14(8-6-12)10-16-17(21)4-3-9-20(16)18(22)15-11-23-13(2)19-15/h5-8,11,16-17,21H,3-4,9-10H2,1-2H3/t16-,17-/m0/s1. The van der Waals surface area contributed by atoms with Crippen molar-refractivity contribution in [2.45, 2.75) is 45.3 Å². The lowest BCUT2D eigenvalue weighted by atomic mass is 9.92. The summed E-state index contributed by atoms with van der Waals surface area (Å²) in [5, 5.41) is 10.4. The van der Waals surface area contributed by atoms with Crippen LogP contribution in [0.5, 0.6) is 0 Å². The Morgan fingerprint density at radius 2 is 2.09 bits per heavy atom. The number of hydrogen-bond acceptors (Lipinski definition) is 4. The molecule has 5 nitrogen and oxygen atoms in total. The van der Waals surface area contributed by atoms with Crippen LogP contribution in [0.25, 0.3) is 0 Å². The van der Waals surface area contributed by atoms with E-state index in [9.17, 15) is 9.90 Å². The average Bonchev–Trinajstić information content (AvgIpc) is 2.97. The fraction of sp³-hybridized carbons (Fsp3) is 0.444. The number of aromatic nitrogens is 1. The molecule has 0 unspecified atom stereocenters. The van der Waals surface area contributed by atoms with Crippen molar-refractivity contribution in [2.75, 3.05) is 6.54 Å². The summed E-state index contributed by atoms with van der Waals surface area (Å²) in [5.74, 6) is 0.304. The molecular weight excluding hydrogens is 292 g/mol. The number of likely N-dealkylation sites (tertiary alicyclic amines) is 1. The minimum absolute atomic E-state index is 0.169. The molecule has 0 bridgehead atoms. The lowest BCUT2D eigenvalue weighted by molar-refractivity contribution is 0.0115. The van der Waals surface area contributed by atoms with Crippen LogP contribution in [-0.2, 0) is 6.42 Å². The van der Waals surface area contributed by atoms with E-state index in [2.05, 4.69) is 29.2 Å². The number of piperidine rings is 1. The van der Waals surface area contributed by atoms with Crippen molar-refractivity contribution in [3.05, 3.63) is 53.2 Å². The Bertz CT molecular complexity index is 678. The predicted molar refractivity (Wildman–Crippen MR) is 86.2 cm³/mol. The molecule has 1 N–H and O–H groups in total. The fourth-order valence-corrected chi connectivity index (χ4v) is 3.11. The number of aliphatic hydroxyl groups excluding tert-OH is 1. The van der Waals surface area contributed by atoms with Crippen LogP contribution in [-0.4, -0.2) is 39.6 Å². The first-order chi connectivity index (χ1) is 11.0. The van der Waals surface area contributed by atoms with Gasteiger partial charge in [0.2, 0.25) is 0 Å². The van der Waals surface area contributed by atoms with Gasteiger partial charge >= 0.3 is 0 Å². The van der Waals surface area contributed by atoms with E-state index in [0.29, 0.717) is 24.6 Å². The van der Waals surface area contributed by atoms with E-state index < -0.39 is 6.10 Å². The molecule has 1 aliphatic rings. The van der Waals surface area contributed by atoms with E-state index in [1.807, 2.05) is 6.92 Å². The molecule has 1 amide bonds. The number of oxazole rings is 1. The number of amides is 1. The molecule has 1 aliphatic heterocycles. The first-order valence-corrected chi connectivity index (χ1v) is 8.01. The van der Waals surface area contributed by atoms with Gasteiger partial charge in [0.25, 0.3) is 5.91 Å². The van der Waals surface area contributed by atoms with Crippen molar-refractivity contribution in [1.29, 1.82) is 0 Å². The third kappa shape index (κ3) is 3.45. The summed E-state index contributed by atoms with van der Waals surface area (Å²) in [4.78, 5) is 18.6. The Balaban J connectivity index is 1.81. The van der Waals surface area contributed by atoms with Crippen molar-refractivity contribution >= 4 is 5.91 Å². The maximum Gasteiger partial charge on any atom is 0.276 e. The number of aryl methyl sites for hydroxylation is 2. The lowest BCUT2D eigenvalue weighted by Crippen LogP contribution is -2.52. The monoisotopic (exact) mass is 314 g/mol. The summed E-state index contributed by atoms with van der Waals surface area (Å²) in [7, 11) is 0. The zero-order valence-electron chi connectivity index (χ0n) is 13.5. The molecule has 2 atom stereocenters. The number of aliphatic hydroxyl groups is 1. The Morgan fingerprint density at radius 1 is 1.35 bits per heavy atom. The summed E-state index contributed by atoms with van der Waals surface area (Å²) in [6.45, 7) is 4.39. The second kappa shape index (κ2) is 6.54. The highest BCUT2D eigenvalue weighted by atomic mass is 16.3. The maximum atomic E-state index is 12.7. The van der Waals surface area contributed by atoms with Gasteiger partial charge in [0.15, 0.2) is 11.6 Å². The summed E-state index contributed by atoms with van der Waals surface area (Å²) < 4.78 is 5.15. The van der Waals surface area contributed by atoms with Gasteiger partial charge in [-0.15, -0.1) is 0 Å². The number of carbonyl (C=O) groups excluding carboxylic acids is 1. The molecule has 0 aliphatic carbocycles. The van der Waals surface area contributed by atoms with E-state index in [0.717, 1.165) is 18.4 Å². The maximum absolute atomic E-state index is 12.7. The Hall–Kier alpha value is -2.14. The van der Waals surface area contributed by atoms with E-state index in [1.165, 1.54) is 11.8 Å². The van der Waals surface area contributed by atoms with Crippen LogP contribution in [0.15, 0.2) is 34.9 Å². The zero-order valence-corrected chi connectivity index (χ0v) is 13.5. The quantitative estimate of drug-likeness (QED) is 0.945. The van der Waals surface area contributed by atoms with Gasteiger partial charge in [-0.3, -0.25) is 4.79 Å². The van der Waals surface area contributed by atoms with Gasteiger partial charge in [-0.1, -0.05) is 29.8 Å². The zero-order chi connectivity index (χ0) is 16.4. The van der Waals surface area contributed by atoms with Crippen molar-refractivity contribution in [3.63, 3.8) is 0 Å². The Labute approximate surface area is 135 Å². The number of carbonyl (C=O) groups is 1. The first-order valence-electron chi connectivity index (χ1n) is 8.01. The predicted octanol–water partition coefficient (Wildman–Crippen LogP) is 2.50. The van der Waals surface area contributed by atoms with Crippen LogP contribution in [0.2, 0.25) is 0 Å². The fourth-order valence-electron chi connectivity index (χ4n) is 3.11. The second-order valence-corrected chi connectivity index (χ2v) is 6.22. The summed E-state index contributed by atoms with van der Waals surface area (Å²) in [5.41, 5.74) is 2.63. The molecule has 1 saturated heterocycles. The highest BCUT2D eigenvalue weighted by molar-refractivity contribution is 5.92. The molecule has 5 heteroatoms. The van der Waals surface area contributed by atoms with Crippen LogP contribution in [0.3, 0.4) is 0 Å². The first kappa shape index (κ1) is 15.7. The molecule has 3 rings (SSSR count). The van der Waals surface area contributed by atoms with Gasteiger partial charge < -0.3 is 14.4 Å². The molecule has 1 aromatic carbocycles. The van der Waals surface area contributed by atoms with E-state index in [-0.39, 0.29) is 11.9 Å². The number of benzene rings is 1. The molecular formula is C18H22N2O3. The van der Waals surface area contributed by atoms with E-state index >= 15 is 0 Å². The molecule has 0 saturated carbocycles. The SMILES string of the molecule is Cc1ccc(C[C@H]2[C@@H](O)CCCN2C(=O)c2coc(C)n2)cc1. The molecule has 1 aromatic heterocycles. The van der Waals surface area contributed by atoms with Gasteiger partial charge in [-0.25, -0.2) is 4.98 Å². The molecule has 0 radical (unpaired) electrons. The number of nitrogens with zero attached hydrogens (tertiary/aromatic N) is 2. The Kier molecular flexibility index (Phi) is 4.48. The topological polar surface area (TPSA) is 66.6 Å². The van der Waals surface area contributed by atoms with Crippen molar-refractivity contribution in [1.82, 2.24) is 9.88 Å². The molecule has 1 fully saturated rings. The van der Waals surface area contributed by atoms with Crippen LogP contribution in [0, 0.1) is 13.8 Å². The molecule has 23 heavy (non-hydrogen) atoms. The summed E-state index contributed by atoms with van der Waals surface area (Å²) in [6, 6.07) is 7.99. The average molecular weight is 314 g/mol. The highest BCUT2D eigenvalue weighted by Gasteiger charge is 2.34. The second-order valence-electron chi connectivity index (χ2n) is 6.22. The van der Waals surface area contributed by atoms with Gasteiger partial charge in [0, 0.05) is 13.5 Å². The van der Waals surface area contributed by atoms with Gasteiger partial charge in [0.1, 0.15) is 6.26 Å². The summed E-state index contributed by atoms with van der Waals surface area (Å²) >= 11 is 0. The Morgan fingerprint density at radius 3 is 2.74 bits per heavy atom. The van der Waals surface area contributed by atoms with E-state index in [1.54, 1.807) is 11.8 Å². The van der Waals surface area contributed by atoms with Crippen LogP contribution in [0.4, 0.5) is 0 Å². The van der Waals surface area contributed by atoms with Gasteiger partial charge in [-0.2, -0.15) is 0 Å². The van der Waals surface area contributed by atoms with Crippen molar-refractivity contribution in [3.8, 4) is 0 Å². The van der Waals surface area contributed by atoms with Gasteiger partial charge in [-0.05, 0) is 31.7 Å². The largest absolute Gasteiger partial charge is 0.448 e. The third-order valence-corrected chi connectivity index (χ3v) is 4.41. The van der Waals surface area contributed by atoms with Crippen LogP contribution < -0.4 is 0 Å². The van der Waals surface area contributed by atoms with E-state index in [4.69, 9.17) is 4.42 Å². The molecule has 2 aromatic rings. The molecule has 0 spiro atoms. The smallest absolute Gasteiger partial charge is 0.276 e. The minimum atomic E-state index is -0.512. The summed E-state index contributed by atoms with van der Waals surface area (Å²) in [6.07, 6.45) is 3.04. The lowest BCUT2D eigenvalue weighted by Gasteiger charge is -2.39. The van der Waals surface area contributed by atoms with Crippen LogP contribution >= 0.6 is 0 Å². The van der Waals surface area contributed by atoms with Crippen molar-refractivity contribution < 1.29 is 14.3 Å². The minimum Gasteiger partial charge on any atom is -0.448 e. The molecule has 2 heterocycles. The van der Waals surface area contributed by atoms with Gasteiger partial charge in [0.05, 0.1) is 12.1 Å². The normalized spacial score (nSPS) is 21.4. The highest BCUT2D eigenvalue weighted by Crippen LogP contribution is 2.23. The number of rotatable bonds is 3. The molecule has 122 valence electrons. The van der Waals surface area contributed by atoms with Crippen molar-refractivity contribution in [2.24, 2.45) is 0 Å².